The van der Waals surface area contributed by atoms with Gasteiger partial charge in [0.15, 0.2) is 6.61 Å². The first-order valence-corrected chi connectivity index (χ1v) is 8.67. The van der Waals surface area contributed by atoms with Crippen molar-refractivity contribution in [1.82, 2.24) is 20.1 Å². The third-order valence-electron chi connectivity index (χ3n) is 4.20. The molecule has 1 heterocycles. The van der Waals surface area contributed by atoms with Gasteiger partial charge in [0.1, 0.15) is 18.4 Å². The molecule has 1 fully saturated rings. The van der Waals surface area contributed by atoms with Crippen molar-refractivity contribution in [2.24, 2.45) is 0 Å². The van der Waals surface area contributed by atoms with Crippen molar-refractivity contribution < 1.29 is 9.53 Å². The van der Waals surface area contributed by atoms with Gasteiger partial charge in [-0.2, -0.15) is 0 Å². The lowest BCUT2D eigenvalue weighted by Crippen LogP contribution is -2.37. The molecule has 1 N–H and O–H groups in total. The normalized spacial score (nSPS) is 15.7. The molecule has 1 amide bonds. The van der Waals surface area contributed by atoms with Crippen molar-refractivity contribution in [3.8, 4) is 11.4 Å². The molecule has 0 radical (unpaired) electrons. The van der Waals surface area contributed by atoms with Crippen molar-refractivity contribution in [2.75, 3.05) is 6.61 Å². The fourth-order valence-corrected chi connectivity index (χ4v) is 3.14. The van der Waals surface area contributed by atoms with E-state index in [9.17, 15) is 4.79 Å². The Morgan fingerprint density at radius 3 is 2.62 bits per heavy atom. The van der Waals surface area contributed by atoms with Crippen LogP contribution in [0.5, 0.6) is 5.75 Å². The van der Waals surface area contributed by atoms with Crippen LogP contribution in [0.3, 0.4) is 0 Å². The molecule has 1 saturated carbocycles. The minimum atomic E-state index is -0.0912. The predicted molar refractivity (Wildman–Crippen MR) is 91.5 cm³/mol. The van der Waals surface area contributed by atoms with Crippen LogP contribution in [0.2, 0.25) is 5.02 Å². The largest absolute Gasteiger partial charge is 0.482 e. The number of halogens is 1. The molecule has 7 heteroatoms. The zero-order valence-electron chi connectivity index (χ0n) is 13.4. The molecule has 0 saturated heterocycles. The number of hydrogen-bond acceptors (Lipinski definition) is 4. The van der Waals surface area contributed by atoms with Crippen LogP contribution >= 0.6 is 11.6 Å². The molecule has 6 nitrogen and oxygen atoms in total. The number of hydrogen-bond donors (Lipinski definition) is 1. The third kappa shape index (κ3) is 4.47. The number of amides is 1. The highest BCUT2D eigenvalue weighted by atomic mass is 35.5. The van der Waals surface area contributed by atoms with Gasteiger partial charge in [-0.3, -0.25) is 9.36 Å². The van der Waals surface area contributed by atoms with Crippen molar-refractivity contribution in [3.05, 3.63) is 35.9 Å². The topological polar surface area (TPSA) is 69.0 Å². The van der Waals surface area contributed by atoms with Gasteiger partial charge in [0, 0.05) is 11.1 Å². The van der Waals surface area contributed by atoms with Crippen LogP contribution in [0.1, 0.15) is 38.5 Å². The lowest BCUT2D eigenvalue weighted by molar-refractivity contribution is -0.123. The highest BCUT2D eigenvalue weighted by Crippen LogP contribution is 2.26. The molecule has 0 bridgehead atoms. The smallest absolute Gasteiger partial charge is 0.258 e. The lowest BCUT2D eigenvalue weighted by Gasteiger charge is -2.17. The number of rotatable bonds is 5. The second-order valence-corrected chi connectivity index (χ2v) is 6.46. The molecule has 1 aliphatic carbocycles. The van der Waals surface area contributed by atoms with Crippen LogP contribution in [0.25, 0.3) is 5.69 Å². The molecule has 3 rings (SSSR count). The van der Waals surface area contributed by atoms with Crippen LogP contribution in [0.15, 0.2) is 30.9 Å². The van der Waals surface area contributed by atoms with Crippen molar-refractivity contribution in [2.45, 2.75) is 44.6 Å². The number of nitrogens with one attached hydrogen (secondary N) is 1. The van der Waals surface area contributed by atoms with Crippen molar-refractivity contribution in [1.29, 1.82) is 0 Å². The second kappa shape index (κ2) is 8.15. The molecule has 24 heavy (non-hydrogen) atoms. The molecule has 2 aromatic rings. The van der Waals surface area contributed by atoms with E-state index >= 15 is 0 Å². The Morgan fingerprint density at radius 2 is 1.92 bits per heavy atom. The van der Waals surface area contributed by atoms with Crippen LogP contribution < -0.4 is 10.1 Å². The van der Waals surface area contributed by atoms with Gasteiger partial charge in [0.05, 0.1) is 5.69 Å². The van der Waals surface area contributed by atoms with E-state index in [1.165, 1.54) is 25.7 Å². The summed E-state index contributed by atoms with van der Waals surface area (Å²) in [6.45, 7) is -0.0206. The Labute approximate surface area is 146 Å². The zero-order chi connectivity index (χ0) is 16.8. The minimum Gasteiger partial charge on any atom is -0.482 e. The zero-order valence-corrected chi connectivity index (χ0v) is 14.2. The number of aromatic nitrogens is 3. The van der Waals surface area contributed by atoms with Gasteiger partial charge >= 0.3 is 0 Å². The van der Waals surface area contributed by atoms with Gasteiger partial charge in [-0.25, -0.2) is 0 Å². The summed E-state index contributed by atoms with van der Waals surface area (Å²) in [4.78, 5) is 12.2. The Balaban J connectivity index is 1.61. The van der Waals surface area contributed by atoms with Gasteiger partial charge in [-0.05, 0) is 31.0 Å². The monoisotopic (exact) mass is 348 g/mol. The molecule has 0 spiro atoms. The van der Waals surface area contributed by atoms with Gasteiger partial charge in [-0.1, -0.05) is 37.3 Å². The van der Waals surface area contributed by atoms with E-state index in [2.05, 4.69) is 15.5 Å². The van der Waals surface area contributed by atoms with Gasteiger partial charge in [0.25, 0.3) is 5.91 Å². The first-order chi connectivity index (χ1) is 11.7. The van der Waals surface area contributed by atoms with Crippen molar-refractivity contribution >= 4 is 17.5 Å². The van der Waals surface area contributed by atoms with Crippen LogP contribution in [-0.4, -0.2) is 33.3 Å². The standard InChI is InChI=1S/C17H21ClN4O2/c18-13-7-8-16(15(9-13)22-11-19-20-12-22)24-10-17(23)21-14-5-3-1-2-4-6-14/h7-9,11-12,14H,1-6,10H2,(H,21,23). The van der Waals surface area contributed by atoms with E-state index in [4.69, 9.17) is 16.3 Å². The average molecular weight is 349 g/mol. The van der Waals surface area contributed by atoms with Crippen LogP contribution in [0, 0.1) is 0 Å². The fraction of sp³-hybridized carbons (Fsp3) is 0.471. The highest BCUT2D eigenvalue weighted by molar-refractivity contribution is 6.30. The SMILES string of the molecule is O=C(COc1ccc(Cl)cc1-n1cnnc1)NC1CCCCCC1. The van der Waals surface area contributed by atoms with E-state index in [0.717, 1.165) is 12.8 Å². The molecule has 0 atom stereocenters. The number of carbonyl (C=O) groups is 1. The maximum Gasteiger partial charge on any atom is 0.258 e. The summed E-state index contributed by atoms with van der Waals surface area (Å²) in [5, 5.41) is 11.2. The number of carbonyl (C=O) groups excluding carboxylic acids is 1. The molecule has 0 unspecified atom stereocenters. The first kappa shape index (κ1) is 16.8. The summed E-state index contributed by atoms with van der Waals surface area (Å²) in [5.74, 6) is 0.474. The molecule has 1 aromatic carbocycles. The van der Waals surface area contributed by atoms with E-state index in [1.807, 2.05) is 0 Å². The summed E-state index contributed by atoms with van der Waals surface area (Å²) >= 11 is 6.05. The summed E-state index contributed by atoms with van der Waals surface area (Å²) in [7, 11) is 0. The maximum absolute atomic E-state index is 12.2. The second-order valence-electron chi connectivity index (χ2n) is 6.03. The number of benzene rings is 1. The van der Waals surface area contributed by atoms with E-state index in [0.29, 0.717) is 16.5 Å². The van der Waals surface area contributed by atoms with Crippen LogP contribution in [0.4, 0.5) is 0 Å². The van der Waals surface area contributed by atoms with E-state index in [-0.39, 0.29) is 18.6 Å². The summed E-state index contributed by atoms with van der Waals surface area (Å²) < 4.78 is 7.40. The van der Waals surface area contributed by atoms with Gasteiger partial charge in [-0.15, -0.1) is 10.2 Å². The minimum absolute atomic E-state index is 0.0206. The Morgan fingerprint density at radius 1 is 1.21 bits per heavy atom. The van der Waals surface area contributed by atoms with Gasteiger partial charge in [0.2, 0.25) is 0 Å². The maximum atomic E-state index is 12.2. The average Bonchev–Trinajstić information content (AvgIpc) is 2.99. The van der Waals surface area contributed by atoms with E-state index in [1.54, 1.807) is 35.4 Å². The Bertz CT molecular complexity index is 667. The fourth-order valence-electron chi connectivity index (χ4n) is 2.98. The molecular weight excluding hydrogens is 328 g/mol. The third-order valence-corrected chi connectivity index (χ3v) is 4.43. The quantitative estimate of drug-likeness (QED) is 0.843. The molecular formula is C17H21ClN4O2. The number of nitrogens with zero attached hydrogens (tertiary/aromatic N) is 3. The van der Waals surface area contributed by atoms with E-state index < -0.39 is 0 Å². The predicted octanol–water partition coefficient (Wildman–Crippen LogP) is 3.14. The Kier molecular flexibility index (Phi) is 5.69. The molecule has 0 aliphatic heterocycles. The van der Waals surface area contributed by atoms with Crippen molar-refractivity contribution in [3.63, 3.8) is 0 Å². The highest BCUT2D eigenvalue weighted by Gasteiger charge is 2.16. The van der Waals surface area contributed by atoms with Gasteiger partial charge < -0.3 is 10.1 Å². The Hall–Kier alpha value is -2.08. The molecule has 1 aliphatic rings. The summed E-state index contributed by atoms with van der Waals surface area (Å²) in [5.41, 5.74) is 0.703. The summed E-state index contributed by atoms with van der Waals surface area (Å²) in [6.07, 6.45) is 10.1. The molecule has 1 aromatic heterocycles. The van der Waals surface area contributed by atoms with Crippen LogP contribution in [-0.2, 0) is 4.79 Å². The summed E-state index contributed by atoms with van der Waals surface area (Å²) in [6, 6.07) is 5.50. The first-order valence-electron chi connectivity index (χ1n) is 8.29. The molecule has 128 valence electrons. The number of ether oxygens (including phenoxy) is 1. The lowest BCUT2D eigenvalue weighted by atomic mass is 10.1.